The number of anilines is 1. The van der Waals surface area contributed by atoms with Crippen molar-refractivity contribution in [3.05, 3.63) is 5.01 Å². The fraction of sp³-hybridized carbons (Fsp3) is 0.667. The van der Waals surface area contributed by atoms with E-state index in [0.29, 0.717) is 17.4 Å². The lowest BCUT2D eigenvalue weighted by Crippen LogP contribution is -2.11. The fourth-order valence-corrected chi connectivity index (χ4v) is 1.97. The van der Waals surface area contributed by atoms with E-state index in [0.717, 1.165) is 24.3 Å². The molecule has 0 unspecified atom stereocenters. The molecule has 0 saturated heterocycles. The van der Waals surface area contributed by atoms with Crippen LogP contribution in [0.15, 0.2) is 0 Å². The van der Waals surface area contributed by atoms with Crippen molar-refractivity contribution in [3.8, 4) is 0 Å². The van der Waals surface area contributed by atoms with Crippen LogP contribution >= 0.6 is 22.9 Å². The minimum absolute atomic E-state index is 0.108. The molecule has 1 rings (SSSR count). The Balaban J connectivity index is 2.42. The van der Waals surface area contributed by atoms with Crippen LogP contribution in [-0.2, 0) is 11.2 Å². The molecule has 4 nitrogen and oxygen atoms in total. The molecule has 0 aliphatic rings. The summed E-state index contributed by atoms with van der Waals surface area (Å²) in [6.07, 6.45) is 3.47. The first-order valence-electron chi connectivity index (χ1n) is 4.94. The van der Waals surface area contributed by atoms with E-state index < -0.39 is 0 Å². The van der Waals surface area contributed by atoms with Crippen LogP contribution in [0.3, 0.4) is 0 Å². The van der Waals surface area contributed by atoms with Gasteiger partial charge in [0, 0.05) is 18.7 Å². The summed E-state index contributed by atoms with van der Waals surface area (Å²) in [5.41, 5.74) is 0. The van der Waals surface area contributed by atoms with Crippen molar-refractivity contribution >= 4 is 34.0 Å². The molecule has 6 heteroatoms. The summed E-state index contributed by atoms with van der Waals surface area (Å²) in [5.74, 6) is 0.219. The molecule has 0 aliphatic carbocycles. The number of carbonyl (C=O) groups is 1. The van der Waals surface area contributed by atoms with Gasteiger partial charge in [-0.2, -0.15) is 0 Å². The Morgan fingerprint density at radius 1 is 1.53 bits per heavy atom. The summed E-state index contributed by atoms with van der Waals surface area (Å²) in [5, 5.41) is 12.1. The van der Waals surface area contributed by atoms with Gasteiger partial charge in [0.05, 0.1) is 0 Å². The maximum Gasteiger partial charge on any atom is 0.227 e. The van der Waals surface area contributed by atoms with E-state index in [1.165, 1.54) is 11.3 Å². The summed E-state index contributed by atoms with van der Waals surface area (Å²) in [7, 11) is 0. The topological polar surface area (TPSA) is 54.9 Å². The van der Waals surface area contributed by atoms with Gasteiger partial charge in [-0.1, -0.05) is 24.7 Å². The highest BCUT2D eigenvalue weighted by Gasteiger charge is 2.06. The van der Waals surface area contributed by atoms with Crippen LogP contribution in [0.4, 0.5) is 5.13 Å². The molecule has 0 aliphatic heterocycles. The minimum atomic E-state index is -0.108. The van der Waals surface area contributed by atoms with E-state index in [-0.39, 0.29) is 5.91 Å². The van der Waals surface area contributed by atoms with E-state index in [1.807, 2.05) is 0 Å². The van der Waals surface area contributed by atoms with Crippen LogP contribution in [0.25, 0.3) is 0 Å². The zero-order valence-electron chi connectivity index (χ0n) is 8.62. The van der Waals surface area contributed by atoms with Gasteiger partial charge in [0.15, 0.2) is 0 Å². The number of aryl methyl sites for hydroxylation is 1. The maximum absolute atomic E-state index is 11.2. The molecule has 0 spiro atoms. The molecule has 15 heavy (non-hydrogen) atoms. The molecule has 1 amide bonds. The summed E-state index contributed by atoms with van der Waals surface area (Å²) in [6, 6.07) is 0. The molecule has 0 aromatic carbocycles. The molecule has 0 atom stereocenters. The largest absolute Gasteiger partial charge is 0.300 e. The van der Waals surface area contributed by atoms with Gasteiger partial charge in [0.2, 0.25) is 11.0 Å². The second-order valence-electron chi connectivity index (χ2n) is 3.09. The van der Waals surface area contributed by atoms with Crippen molar-refractivity contribution in [1.82, 2.24) is 10.2 Å². The SMILES string of the molecule is CCCCc1nnc(NC(=O)CCCl)s1. The smallest absolute Gasteiger partial charge is 0.227 e. The Morgan fingerprint density at radius 3 is 3.00 bits per heavy atom. The Bertz CT molecular complexity index is 316. The third-order valence-electron chi connectivity index (χ3n) is 1.78. The summed E-state index contributed by atoms with van der Waals surface area (Å²) in [4.78, 5) is 11.2. The van der Waals surface area contributed by atoms with Crippen LogP contribution in [0.2, 0.25) is 0 Å². The standard InChI is InChI=1S/C9H14ClN3OS/c1-2-3-4-8-12-13-9(15-8)11-7(14)5-6-10/h2-6H2,1H3,(H,11,13,14). The second kappa shape index (κ2) is 6.74. The highest BCUT2D eigenvalue weighted by atomic mass is 35.5. The molecular weight excluding hydrogens is 234 g/mol. The lowest BCUT2D eigenvalue weighted by molar-refractivity contribution is -0.115. The van der Waals surface area contributed by atoms with Crippen molar-refractivity contribution in [2.24, 2.45) is 0 Å². The molecule has 1 N–H and O–H groups in total. The van der Waals surface area contributed by atoms with E-state index in [4.69, 9.17) is 11.6 Å². The second-order valence-corrected chi connectivity index (χ2v) is 4.53. The molecular formula is C9H14ClN3OS. The molecule has 0 saturated carbocycles. The Hall–Kier alpha value is -0.680. The van der Waals surface area contributed by atoms with Gasteiger partial charge in [-0.15, -0.1) is 21.8 Å². The lowest BCUT2D eigenvalue weighted by atomic mass is 10.3. The van der Waals surface area contributed by atoms with Crippen LogP contribution < -0.4 is 5.32 Å². The normalized spacial score (nSPS) is 10.3. The van der Waals surface area contributed by atoms with Crippen molar-refractivity contribution in [3.63, 3.8) is 0 Å². The first-order chi connectivity index (χ1) is 7.26. The van der Waals surface area contributed by atoms with Crippen molar-refractivity contribution in [2.75, 3.05) is 11.2 Å². The van der Waals surface area contributed by atoms with Gasteiger partial charge in [-0.05, 0) is 6.42 Å². The fourth-order valence-electron chi connectivity index (χ4n) is 1.00. The number of aromatic nitrogens is 2. The van der Waals surface area contributed by atoms with Crippen LogP contribution in [-0.4, -0.2) is 22.0 Å². The molecule has 1 aromatic rings. The van der Waals surface area contributed by atoms with Gasteiger partial charge in [-0.3, -0.25) is 4.79 Å². The van der Waals surface area contributed by atoms with E-state index >= 15 is 0 Å². The number of unbranched alkanes of at least 4 members (excludes halogenated alkanes) is 1. The third-order valence-corrected chi connectivity index (χ3v) is 2.87. The van der Waals surface area contributed by atoms with Crippen molar-refractivity contribution in [2.45, 2.75) is 32.6 Å². The zero-order chi connectivity index (χ0) is 11.1. The highest BCUT2D eigenvalue weighted by Crippen LogP contribution is 2.17. The van der Waals surface area contributed by atoms with Crippen LogP contribution in [0.1, 0.15) is 31.2 Å². The molecule has 0 bridgehead atoms. The number of hydrogen-bond donors (Lipinski definition) is 1. The minimum Gasteiger partial charge on any atom is -0.300 e. The average molecular weight is 248 g/mol. The third kappa shape index (κ3) is 4.57. The number of nitrogens with zero attached hydrogens (tertiary/aromatic N) is 2. The Kier molecular flexibility index (Phi) is 5.57. The number of amides is 1. The van der Waals surface area contributed by atoms with E-state index in [1.54, 1.807) is 0 Å². The zero-order valence-corrected chi connectivity index (χ0v) is 10.2. The number of rotatable bonds is 6. The van der Waals surface area contributed by atoms with Crippen LogP contribution in [0.5, 0.6) is 0 Å². The number of carbonyl (C=O) groups excluding carboxylic acids is 1. The predicted octanol–water partition coefficient (Wildman–Crippen LogP) is 2.45. The number of halogens is 1. The van der Waals surface area contributed by atoms with E-state index in [2.05, 4.69) is 22.4 Å². The monoisotopic (exact) mass is 247 g/mol. The predicted molar refractivity (Wildman–Crippen MR) is 62.5 cm³/mol. The van der Waals surface area contributed by atoms with Gasteiger partial charge in [0.25, 0.3) is 0 Å². The Labute approximate surface area is 98.0 Å². The van der Waals surface area contributed by atoms with Crippen LogP contribution in [0, 0.1) is 0 Å². The number of nitrogens with one attached hydrogen (secondary N) is 1. The van der Waals surface area contributed by atoms with Crippen molar-refractivity contribution in [1.29, 1.82) is 0 Å². The number of alkyl halides is 1. The molecule has 1 heterocycles. The number of hydrogen-bond acceptors (Lipinski definition) is 4. The quantitative estimate of drug-likeness (QED) is 0.786. The molecule has 0 radical (unpaired) electrons. The van der Waals surface area contributed by atoms with E-state index in [9.17, 15) is 4.79 Å². The van der Waals surface area contributed by atoms with Gasteiger partial charge >= 0.3 is 0 Å². The molecule has 84 valence electrons. The summed E-state index contributed by atoms with van der Waals surface area (Å²) >= 11 is 6.87. The first-order valence-corrected chi connectivity index (χ1v) is 6.29. The van der Waals surface area contributed by atoms with Gasteiger partial charge in [0.1, 0.15) is 5.01 Å². The summed E-state index contributed by atoms with van der Waals surface area (Å²) in [6.45, 7) is 2.13. The molecule has 0 fully saturated rings. The van der Waals surface area contributed by atoms with Gasteiger partial charge < -0.3 is 5.32 Å². The average Bonchev–Trinajstić information content (AvgIpc) is 2.63. The van der Waals surface area contributed by atoms with Crippen molar-refractivity contribution < 1.29 is 4.79 Å². The highest BCUT2D eigenvalue weighted by molar-refractivity contribution is 7.15. The molecule has 1 aromatic heterocycles. The first kappa shape index (κ1) is 12.4. The summed E-state index contributed by atoms with van der Waals surface area (Å²) < 4.78 is 0. The van der Waals surface area contributed by atoms with Gasteiger partial charge in [-0.25, -0.2) is 0 Å². The lowest BCUT2D eigenvalue weighted by Gasteiger charge is -1.96. The Morgan fingerprint density at radius 2 is 2.33 bits per heavy atom. The maximum atomic E-state index is 11.2.